The predicted molar refractivity (Wildman–Crippen MR) is 114 cm³/mol. The molecule has 0 bridgehead atoms. The molecule has 3 aromatic heterocycles. The number of rotatable bonds is 7. The second kappa shape index (κ2) is 8.88. The lowest BCUT2D eigenvalue weighted by molar-refractivity contribution is -0.127. The molecule has 0 spiro atoms. The smallest absolute Gasteiger partial charge is 0.257 e. The van der Waals surface area contributed by atoms with E-state index in [0.717, 1.165) is 17.5 Å². The number of fused-ring (bicyclic) bond motifs is 1. The first-order chi connectivity index (χ1) is 14.9. The first-order valence-corrected chi connectivity index (χ1v) is 10.1. The molecular weight excluding hydrogens is 430 g/mol. The van der Waals surface area contributed by atoms with Gasteiger partial charge in [0.2, 0.25) is 11.9 Å². The van der Waals surface area contributed by atoms with Crippen molar-refractivity contribution < 1.29 is 13.6 Å². The summed E-state index contributed by atoms with van der Waals surface area (Å²) in [6.07, 6.45) is 5.01. The molecule has 164 valence electrons. The van der Waals surface area contributed by atoms with Crippen LogP contribution in [0.4, 0.5) is 26.2 Å². The summed E-state index contributed by atoms with van der Waals surface area (Å²) in [4.78, 5) is 25.7. The van der Waals surface area contributed by atoms with Gasteiger partial charge in [0, 0.05) is 31.5 Å². The number of amides is 1. The molecule has 0 unspecified atom stereocenters. The SMILES string of the molecule is C=CC(=O)N1CCC[C@@H](Nc2nc(Nc3cnn(CC(F)F)c3)nc3[nH]cc(Cl)c23)C1. The molecule has 1 atom stereocenters. The molecule has 1 fully saturated rings. The van der Waals surface area contributed by atoms with Crippen LogP contribution < -0.4 is 10.6 Å². The normalized spacial score (nSPS) is 16.6. The lowest BCUT2D eigenvalue weighted by Crippen LogP contribution is -2.44. The Morgan fingerprint density at radius 2 is 2.29 bits per heavy atom. The van der Waals surface area contributed by atoms with Gasteiger partial charge in [-0.05, 0) is 18.9 Å². The summed E-state index contributed by atoms with van der Waals surface area (Å²) in [5, 5.41) is 11.3. The summed E-state index contributed by atoms with van der Waals surface area (Å²) in [6.45, 7) is 4.25. The van der Waals surface area contributed by atoms with Gasteiger partial charge in [-0.25, -0.2) is 8.78 Å². The number of H-pyrrole nitrogens is 1. The van der Waals surface area contributed by atoms with Crippen LogP contribution in [-0.4, -0.2) is 61.1 Å². The standard InChI is InChI=1S/C19H21ClF2N8O/c1-2-15(31)29-5-3-4-11(8-29)25-18-16-13(20)7-23-17(16)27-19(28-18)26-12-6-24-30(9-12)10-14(21)22/h2,6-7,9,11,14H,1,3-5,8,10H2,(H3,23,25,26,27,28)/t11-/m1/s1. The number of hydrogen-bond acceptors (Lipinski definition) is 6. The Labute approximate surface area is 181 Å². The molecule has 9 nitrogen and oxygen atoms in total. The average molecular weight is 451 g/mol. The van der Waals surface area contributed by atoms with Crippen LogP contribution in [0.3, 0.4) is 0 Å². The summed E-state index contributed by atoms with van der Waals surface area (Å²) in [5.74, 6) is 0.652. The van der Waals surface area contributed by atoms with Gasteiger partial charge >= 0.3 is 0 Å². The van der Waals surface area contributed by atoms with Crippen LogP contribution in [0, 0.1) is 0 Å². The van der Waals surface area contributed by atoms with Gasteiger partial charge in [-0.2, -0.15) is 15.1 Å². The van der Waals surface area contributed by atoms with Gasteiger partial charge in [-0.3, -0.25) is 9.48 Å². The van der Waals surface area contributed by atoms with Crippen molar-refractivity contribution in [1.29, 1.82) is 0 Å². The topological polar surface area (TPSA) is 104 Å². The number of alkyl halides is 2. The molecule has 3 aromatic rings. The average Bonchev–Trinajstić information content (AvgIpc) is 3.33. The quantitative estimate of drug-likeness (QED) is 0.477. The van der Waals surface area contributed by atoms with E-state index in [-0.39, 0.29) is 17.9 Å². The van der Waals surface area contributed by atoms with E-state index < -0.39 is 13.0 Å². The van der Waals surface area contributed by atoms with Crippen molar-refractivity contribution in [3.63, 3.8) is 0 Å². The maximum absolute atomic E-state index is 12.5. The highest BCUT2D eigenvalue weighted by Crippen LogP contribution is 2.31. The second-order valence-electron chi connectivity index (χ2n) is 7.20. The maximum atomic E-state index is 12.5. The van der Waals surface area contributed by atoms with Gasteiger partial charge in [-0.1, -0.05) is 18.2 Å². The number of carbonyl (C=O) groups is 1. The number of likely N-dealkylation sites (tertiary alicyclic amines) is 1. The number of aromatic nitrogens is 5. The largest absolute Gasteiger partial charge is 0.365 e. The fourth-order valence-electron chi connectivity index (χ4n) is 3.57. The third-order valence-electron chi connectivity index (χ3n) is 4.95. The molecule has 1 saturated heterocycles. The molecule has 1 amide bonds. The number of nitrogens with zero attached hydrogens (tertiary/aromatic N) is 5. The zero-order valence-corrected chi connectivity index (χ0v) is 17.2. The third-order valence-corrected chi connectivity index (χ3v) is 5.24. The Morgan fingerprint density at radius 1 is 1.45 bits per heavy atom. The fourth-order valence-corrected chi connectivity index (χ4v) is 3.81. The molecule has 31 heavy (non-hydrogen) atoms. The van der Waals surface area contributed by atoms with E-state index in [1.54, 1.807) is 11.1 Å². The number of hydrogen-bond donors (Lipinski definition) is 3. The lowest BCUT2D eigenvalue weighted by atomic mass is 10.1. The fraction of sp³-hybridized carbons (Fsp3) is 0.368. The molecular formula is C19H21ClF2N8O. The Hall–Kier alpha value is -3.21. The minimum Gasteiger partial charge on any atom is -0.365 e. The van der Waals surface area contributed by atoms with Crippen molar-refractivity contribution in [3.05, 3.63) is 36.3 Å². The molecule has 0 radical (unpaired) electrons. The van der Waals surface area contributed by atoms with Crippen LogP contribution in [-0.2, 0) is 11.3 Å². The van der Waals surface area contributed by atoms with Gasteiger partial charge < -0.3 is 20.5 Å². The van der Waals surface area contributed by atoms with E-state index in [1.165, 1.54) is 18.5 Å². The van der Waals surface area contributed by atoms with E-state index in [4.69, 9.17) is 11.6 Å². The molecule has 0 saturated carbocycles. The number of carbonyl (C=O) groups excluding carboxylic acids is 1. The summed E-state index contributed by atoms with van der Waals surface area (Å²) in [6, 6.07) is -0.0247. The zero-order chi connectivity index (χ0) is 22.0. The summed E-state index contributed by atoms with van der Waals surface area (Å²) in [5.41, 5.74) is 0.990. The van der Waals surface area contributed by atoms with Gasteiger partial charge in [-0.15, -0.1) is 0 Å². The molecule has 1 aliphatic rings. The molecule has 0 aliphatic carbocycles. The van der Waals surface area contributed by atoms with E-state index in [1.807, 2.05) is 0 Å². The number of nitrogens with one attached hydrogen (secondary N) is 3. The number of piperidine rings is 1. The summed E-state index contributed by atoms with van der Waals surface area (Å²) < 4.78 is 26.2. The molecule has 3 N–H and O–H groups in total. The number of anilines is 3. The van der Waals surface area contributed by atoms with Crippen molar-refractivity contribution in [2.24, 2.45) is 0 Å². The highest BCUT2D eigenvalue weighted by molar-refractivity contribution is 6.36. The Kier molecular flexibility index (Phi) is 6.03. The number of aromatic amines is 1. The first-order valence-electron chi connectivity index (χ1n) is 9.73. The van der Waals surface area contributed by atoms with Crippen molar-refractivity contribution in [1.82, 2.24) is 29.6 Å². The number of halogens is 3. The Morgan fingerprint density at radius 3 is 3.06 bits per heavy atom. The highest BCUT2D eigenvalue weighted by Gasteiger charge is 2.24. The van der Waals surface area contributed by atoms with Crippen molar-refractivity contribution in [2.45, 2.75) is 31.9 Å². The van der Waals surface area contributed by atoms with Crippen LogP contribution in [0.5, 0.6) is 0 Å². The maximum Gasteiger partial charge on any atom is 0.257 e. The van der Waals surface area contributed by atoms with E-state index in [0.29, 0.717) is 40.7 Å². The van der Waals surface area contributed by atoms with Crippen LogP contribution in [0.2, 0.25) is 5.02 Å². The lowest BCUT2D eigenvalue weighted by Gasteiger charge is -2.33. The van der Waals surface area contributed by atoms with Gasteiger partial charge in [0.1, 0.15) is 18.0 Å². The van der Waals surface area contributed by atoms with Gasteiger partial charge in [0.15, 0.2) is 0 Å². The van der Waals surface area contributed by atoms with Gasteiger partial charge in [0.25, 0.3) is 6.43 Å². The van der Waals surface area contributed by atoms with Crippen molar-refractivity contribution >= 4 is 46.0 Å². The highest BCUT2D eigenvalue weighted by atomic mass is 35.5. The Balaban J connectivity index is 1.57. The minimum absolute atomic E-state index is 0.0247. The van der Waals surface area contributed by atoms with Gasteiger partial charge in [0.05, 0.1) is 22.3 Å². The van der Waals surface area contributed by atoms with Crippen LogP contribution in [0.25, 0.3) is 11.0 Å². The van der Waals surface area contributed by atoms with Crippen molar-refractivity contribution in [2.75, 3.05) is 23.7 Å². The van der Waals surface area contributed by atoms with Crippen LogP contribution in [0.1, 0.15) is 12.8 Å². The first kappa shape index (κ1) is 21.0. The van der Waals surface area contributed by atoms with Crippen LogP contribution >= 0.6 is 11.6 Å². The van der Waals surface area contributed by atoms with Crippen molar-refractivity contribution in [3.8, 4) is 0 Å². The third kappa shape index (κ3) is 4.76. The monoisotopic (exact) mass is 450 g/mol. The van der Waals surface area contributed by atoms with E-state index in [2.05, 4.69) is 37.3 Å². The predicted octanol–water partition coefficient (Wildman–Crippen LogP) is 3.41. The Bertz CT molecular complexity index is 1100. The molecule has 1 aliphatic heterocycles. The zero-order valence-electron chi connectivity index (χ0n) is 16.5. The molecule has 4 rings (SSSR count). The second-order valence-corrected chi connectivity index (χ2v) is 7.60. The minimum atomic E-state index is -2.50. The summed E-state index contributed by atoms with van der Waals surface area (Å²) >= 11 is 6.33. The molecule has 4 heterocycles. The molecule has 0 aromatic carbocycles. The van der Waals surface area contributed by atoms with Crippen LogP contribution in [0.15, 0.2) is 31.2 Å². The van der Waals surface area contributed by atoms with E-state index >= 15 is 0 Å². The molecule has 12 heteroatoms. The van der Waals surface area contributed by atoms with E-state index in [9.17, 15) is 13.6 Å². The summed E-state index contributed by atoms with van der Waals surface area (Å²) in [7, 11) is 0.